The molecule has 0 radical (unpaired) electrons. The zero-order chi connectivity index (χ0) is 14.4. The maximum absolute atomic E-state index is 12.9. The fourth-order valence-corrected chi connectivity index (χ4v) is 5.57. The van der Waals surface area contributed by atoms with Gasteiger partial charge in [0.2, 0.25) is 0 Å². The molecule has 0 aromatic carbocycles. The number of thiophene rings is 2. The van der Waals surface area contributed by atoms with Crippen molar-refractivity contribution < 1.29 is 4.79 Å². The van der Waals surface area contributed by atoms with Crippen molar-refractivity contribution in [1.82, 2.24) is 0 Å². The zero-order valence-corrected chi connectivity index (χ0v) is 14.2. The molecule has 2 aromatic rings. The molecule has 2 heterocycles. The van der Waals surface area contributed by atoms with Crippen LogP contribution in [-0.2, 0) is 25.7 Å². The molecule has 0 bridgehead atoms. The molecule has 0 saturated carbocycles. The van der Waals surface area contributed by atoms with E-state index in [1.807, 2.05) is 22.7 Å². The third-order valence-electron chi connectivity index (χ3n) is 4.10. The van der Waals surface area contributed by atoms with E-state index in [9.17, 15) is 4.79 Å². The lowest BCUT2D eigenvalue weighted by Crippen LogP contribution is -1.99. The van der Waals surface area contributed by atoms with Gasteiger partial charge in [0.25, 0.3) is 0 Å². The monoisotopic (exact) mass is 304 g/mol. The van der Waals surface area contributed by atoms with Crippen LogP contribution in [0.2, 0.25) is 0 Å². The minimum atomic E-state index is 0.301. The number of ketones is 1. The van der Waals surface area contributed by atoms with Crippen LogP contribution in [0, 0.1) is 0 Å². The summed E-state index contributed by atoms with van der Waals surface area (Å²) in [5.41, 5.74) is 4.66. The largest absolute Gasteiger partial charge is 0.288 e. The van der Waals surface area contributed by atoms with Crippen molar-refractivity contribution in [2.75, 3.05) is 0 Å². The molecule has 3 rings (SSSR count). The maximum Gasteiger partial charge on any atom is 0.196 e. The van der Waals surface area contributed by atoms with Crippen molar-refractivity contribution in [3.63, 3.8) is 0 Å². The molecule has 0 aliphatic heterocycles. The Morgan fingerprint density at radius 1 is 0.600 bits per heavy atom. The van der Waals surface area contributed by atoms with E-state index in [0.717, 1.165) is 36.8 Å². The zero-order valence-electron chi connectivity index (χ0n) is 12.6. The van der Waals surface area contributed by atoms with E-state index in [1.54, 1.807) is 0 Å². The minimum Gasteiger partial charge on any atom is -0.288 e. The van der Waals surface area contributed by atoms with Crippen molar-refractivity contribution in [2.45, 2.75) is 53.4 Å². The van der Waals surface area contributed by atoms with Crippen molar-refractivity contribution in [3.05, 3.63) is 30.6 Å². The summed E-state index contributed by atoms with van der Waals surface area (Å²) in [6, 6.07) is 0. The second-order valence-corrected chi connectivity index (χ2v) is 7.52. The molecule has 3 heteroatoms. The standard InChI is InChI=1S/C17H20OS2/c1-5-9-13-14-10(6-2)20-12(8-4)16(14)17(18)15(13)11(7-3)19-9/h5-8H2,1-4H3. The highest BCUT2D eigenvalue weighted by Gasteiger charge is 2.37. The molecule has 2 aromatic heterocycles. The van der Waals surface area contributed by atoms with Crippen LogP contribution in [0.4, 0.5) is 0 Å². The lowest BCUT2D eigenvalue weighted by Gasteiger charge is -2.00. The minimum absolute atomic E-state index is 0.301. The Bertz CT molecular complexity index is 630. The van der Waals surface area contributed by atoms with Gasteiger partial charge >= 0.3 is 0 Å². The lowest BCUT2D eigenvalue weighted by molar-refractivity contribution is 0.104. The van der Waals surface area contributed by atoms with Crippen molar-refractivity contribution in [1.29, 1.82) is 0 Å². The number of fused-ring (bicyclic) bond motifs is 3. The molecule has 1 aliphatic rings. The third-order valence-corrected chi connectivity index (χ3v) is 7.05. The Morgan fingerprint density at radius 3 is 1.20 bits per heavy atom. The second-order valence-electron chi connectivity index (χ2n) is 5.14. The average molecular weight is 304 g/mol. The summed E-state index contributed by atoms with van der Waals surface area (Å²) >= 11 is 3.70. The summed E-state index contributed by atoms with van der Waals surface area (Å²) in [6.45, 7) is 8.72. The van der Waals surface area contributed by atoms with E-state index in [0.29, 0.717) is 5.78 Å². The Morgan fingerprint density at radius 2 is 0.900 bits per heavy atom. The van der Waals surface area contributed by atoms with Gasteiger partial charge in [0.15, 0.2) is 5.78 Å². The first-order chi connectivity index (χ1) is 9.67. The highest BCUT2D eigenvalue weighted by atomic mass is 32.1. The first-order valence-corrected chi connectivity index (χ1v) is 9.15. The van der Waals surface area contributed by atoms with Gasteiger partial charge in [-0.05, 0) is 25.7 Å². The lowest BCUT2D eigenvalue weighted by atomic mass is 10.0. The number of carbonyl (C=O) groups excluding carboxylic acids is 1. The molecule has 0 N–H and O–H groups in total. The Kier molecular flexibility index (Phi) is 3.59. The van der Waals surface area contributed by atoms with Gasteiger partial charge in [-0.2, -0.15) is 0 Å². The number of carbonyl (C=O) groups is 1. The first-order valence-electron chi connectivity index (χ1n) is 7.51. The highest BCUT2D eigenvalue weighted by Crippen LogP contribution is 2.51. The molecule has 0 amide bonds. The summed E-state index contributed by atoms with van der Waals surface area (Å²) in [7, 11) is 0. The second kappa shape index (κ2) is 5.12. The normalized spacial score (nSPS) is 12.9. The van der Waals surface area contributed by atoms with Gasteiger partial charge in [0.1, 0.15) is 0 Å². The first kappa shape index (κ1) is 14.0. The van der Waals surface area contributed by atoms with Gasteiger partial charge in [-0.1, -0.05) is 27.7 Å². The van der Waals surface area contributed by atoms with Gasteiger partial charge in [0.05, 0.1) is 0 Å². The van der Waals surface area contributed by atoms with Crippen LogP contribution >= 0.6 is 22.7 Å². The molecular formula is C17H20OS2. The Balaban J connectivity index is 2.36. The smallest absolute Gasteiger partial charge is 0.196 e. The van der Waals surface area contributed by atoms with E-state index in [1.165, 1.54) is 30.6 Å². The third kappa shape index (κ3) is 1.69. The molecule has 0 fully saturated rings. The number of hydrogen-bond acceptors (Lipinski definition) is 3. The van der Waals surface area contributed by atoms with Crippen LogP contribution in [0.15, 0.2) is 0 Å². The summed E-state index contributed by atoms with van der Waals surface area (Å²) < 4.78 is 0. The van der Waals surface area contributed by atoms with Gasteiger partial charge in [-0.3, -0.25) is 4.79 Å². The molecule has 106 valence electrons. The Labute approximate surface area is 128 Å². The van der Waals surface area contributed by atoms with Gasteiger partial charge in [0, 0.05) is 41.8 Å². The van der Waals surface area contributed by atoms with Gasteiger partial charge < -0.3 is 0 Å². The molecule has 20 heavy (non-hydrogen) atoms. The highest BCUT2D eigenvalue weighted by molar-refractivity contribution is 7.14. The summed E-state index contributed by atoms with van der Waals surface area (Å²) in [5.74, 6) is 0.301. The van der Waals surface area contributed by atoms with E-state index in [-0.39, 0.29) is 0 Å². The molecular weight excluding hydrogens is 284 g/mol. The summed E-state index contributed by atoms with van der Waals surface area (Å²) in [5, 5.41) is 0. The quantitative estimate of drug-likeness (QED) is 0.641. The van der Waals surface area contributed by atoms with E-state index in [2.05, 4.69) is 27.7 Å². The predicted octanol–water partition coefficient (Wildman–Crippen LogP) is 5.27. The molecule has 0 saturated heterocycles. The fourth-order valence-electron chi connectivity index (χ4n) is 3.19. The van der Waals surface area contributed by atoms with E-state index < -0.39 is 0 Å². The fraction of sp³-hybridized carbons (Fsp3) is 0.471. The topological polar surface area (TPSA) is 17.1 Å². The molecule has 0 spiro atoms. The van der Waals surface area contributed by atoms with Crippen molar-refractivity contribution in [2.24, 2.45) is 0 Å². The number of aryl methyl sites for hydroxylation is 4. The van der Waals surface area contributed by atoms with Crippen molar-refractivity contribution >= 4 is 28.5 Å². The Hall–Kier alpha value is -0.930. The van der Waals surface area contributed by atoms with Crippen LogP contribution in [0.5, 0.6) is 0 Å². The summed E-state index contributed by atoms with van der Waals surface area (Å²) in [6.07, 6.45) is 3.99. The molecule has 1 nitrogen and oxygen atoms in total. The van der Waals surface area contributed by atoms with Gasteiger partial charge in [-0.15, -0.1) is 22.7 Å². The molecule has 0 unspecified atom stereocenters. The van der Waals surface area contributed by atoms with Crippen LogP contribution in [-0.4, -0.2) is 5.78 Å². The van der Waals surface area contributed by atoms with Crippen LogP contribution < -0.4 is 0 Å². The van der Waals surface area contributed by atoms with E-state index in [4.69, 9.17) is 0 Å². The van der Waals surface area contributed by atoms with Crippen LogP contribution in [0.25, 0.3) is 11.1 Å². The SMILES string of the molecule is CCc1sc(CC)c2c1C(=O)c1c(CC)sc(CC)c1-2. The van der Waals surface area contributed by atoms with Crippen LogP contribution in [0.3, 0.4) is 0 Å². The average Bonchev–Trinajstić information content (AvgIpc) is 3.09. The predicted molar refractivity (Wildman–Crippen MR) is 88.6 cm³/mol. The van der Waals surface area contributed by atoms with Gasteiger partial charge in [-0.25, -0.2) is 0 Å². The maximum atomic E-state index is 12.9. The summed E-state index contributed by atoms with van der Waals surface area (Å²) in [4.78, 5) is 18.3. The molecule has 0 atom stereocenters. The molecule has 1 aliphatic carbocycles. The number of hydrogen-bond donors (Lipinski definition) is 0. The van der Waals surface area contributed by atoms with Crippen LogP contribution in [0.1, 0.15) is 63.1 Å². The van der Waals surface area contributed by atoms with Crippen molar-refractivity contribution in [3.8, 4) is 11.1 Å². The van der Waals surface area contributed by atoms with E-state index >= 15 is 0 Å². The number of rotatable bonds is 4.